The number of carbonyl (C=O) groups is 1. The fourth-order valence-corrected chi connectivity index (χ4v) is 2.85. The minimum Gasteiger partial charge on any atom is -0.342 e. The standard InChI is InChI=1S/C13H24N2O.ClH/c1-11-4-3-8-15(9-5-11)12(16)13(2)6-7-14-10-13;/h11,14H,3-10H2,1-2H3;1H. The summed E-state index contributed by atoms with van der Waals surface area (Å²) in [5.41, 5.74) is -0.131. The molecule has 0 bridgehead atoms. The van der Waals surface area contributed by atoms with Gasteiger partial charge in [0.05, 0.1) is 5.41 Å². The first-order chi connectivity index (χ1) is 7.62. The number of halogens is 1. The lowest BCUT2D eigenvalue weighted by molar-refractivity contribution is -0.140. The Hall–Kier alpha value is -0.280. The average molecular weight is 261 g/mol. The zero-order valence-electron chi connectivity index (χ0n) is 11.0. The van der Waals surface area contributed by atoms with Gasteiger partial charge in [-0.2, -0.15) is 0 Å². The van der Waals surface area contributed by atoms with Gasteiger partial charge in [-0.05, 0) is 45.1 Å². The lowest BCUT2D eigenvalue weighted by atomic mass is 9.88. The Balaban J connectivity index is 0.00000144. The van der Waals surface area contributed by atoms with E-state index in [2.05, 4.69) is 24.1 Å². The van der Waals surface area contributed by atoms with Crippen molar-refractivity contribution in [1.82, 2.24) is 10.2 Å². The predicted molar refractivity (Wildman–Crippen MR) is 72.4 cm³/mol. The van der Waals surface area contributed by atoms with Crippen LogP contribution < -0.4 is 5.32 Å². The third kappa shape index (κ3) is 3.35. The summed E-state index contributed by atoms with van der Waals surface area (Å²) in [4.78, 5) is 14.6. The summed E-state index contributed by atoms with van der Waals surface area (Å²) in [6.45, 7) is 8.20. The zero-order valence-corrected chi connectivity index (χ0v) is 11.8. The fraction of sp³-hybridized carbons (Fsp3) is 0.923. The normalized spacial score (nSPS) is 34.0. The van der Waals surface area contributed by atoms with Gasteiger partial charge in [-0.25, -0.2) is 0 Å². The van der Waals surface area contributed by atoms with E-state index < -0.39 is 0 Å². The second-order valence-corrected chi connectivity index (χ2v) is 5.82. The number of likely N-dealkylation sites (tertiary alicyclic amines) is 1. The highest BCUT2D eigenvalue weighted by Gasteiger charge is 2.39. The highest BCUT2D eigenvalue weighted by Crippen LogP contribution is 2.29. The number of rotatable bonds is 1. The average Bonchev–Trinajstić information content (AvgIpc) is 2.59. The van der Waals surface area contributed by atoms with Gasteiger partial charge in [0.1, 0.15) is 0 Å². The summed E-state index contributed by atoms with van der Waals surface area (Å²) in [6.07, 6.45) is 4.63. The Labute approximate surface area is 111 Å². The number of carbonyl (C=O) groups excluding carboxylic acids is 1. The summed E-state index contributed by atoms with van der Waals surface area (Å²) in [5, 5.41) is 3.31. The molecule has 17 heavy (non-hydrogen) atoms. The van der Waals surface area contributed by atoms with Crippen LogP contribution in [0.1, 0.15) is 39.5 Å². The highest BCUT2D eigenvalue weighted by atomic mass is 35.5. The van der Waals surface area contributed by atoms with Crippen LogP contribution in [0.15, 0.2) is 0 Å². The quantitative estimate of drug-likeness (QED) is 0.783. The van der Waals surface area contributed by atoms with Gasteiger partial charge in [0.25, 0.3) is 0 Å². The number of hydrogen-bond donors (Lipinski definition) is 1. The van der Waals surface area contributed by atoms with Crippen LogP contribution in [0.3, 0.4) is 0 Å². The number of hydrogen-bond acceptors (Lipinski definition) is 2. The van der Waals surface area contributed by atoms with E-state index >= 15 is 0 Å². The van der Waals surface area contributed by atoms with Crippen LogP contribution in [0.5, 0.6) is 0 Å². The third-order valence-corrected chi connectivity index (χ3v) is 4.19. The molecule has 2 aliphatic rings. The second-order valence-electron chi connectivity index (χ2n) is 5.82. The Bertz CT molecular complexity index is 264. The molecule has 3 nitrogen and oxygen atoms in total. The first kappa shape index (κ1) is 14.8. The maximum absolute atomic E-state index is 12.5. The van der Waals surface area contributed by atoms with Gasteiger partial charge < -0.3 is 10.2 Å². The van der Waals surface area contributed by atoms with Crippen LogP contribution in [-0.2, 0) is 4.79 Å². The van der Waals surface area contributed by atoms with Gasteiger partial charge in [0.15, 0.2) is 0 Å². The number of amides is 1. The molecule has 1 N–H and O–H groups in total. The molecule has 2 aliphatic heterocycles. The Morgan fingerprint density at radius 1 is 1.35 bits per heavy atom. The maximum Gasteiger partial charge on any atom is 0.229 e. The first-order valence-electron chi connectivity index (χ1n) is 6.62. The van der Waals surface area contributed by atoms with Crippen LogP contribution in [0.2, 0.25) is 0 Å². The second kappa shape index (κ2) is 6.05. The molecule has 2 unspecified atom stereocenters. The van der Waals surface area contributed by atoms with Crippen molar-refractivity contribution in [2.75, 3.05) is 26.2 Å². The summed E-state index contributed by atoms with van der Waals surface area (Å²) in [5.74, 6) is 1.17. The van der Waals surface area contributed by atoms with Crippen molar-refractivity contribution in [1.29, 1.82) is 0 Å². The lowest BCUT2D eigenvalue weighted by Gasteiger charge is -2.30. The molecule has 0 aliphatic carbocycles. The van der Waals surface area contributed by atoms with Crippen molar-refractivity contribution in [3.8, 4) is 0 Å². The van der Waals surface area contributed by atoms with Crippen molar-refractivity contribution in [3.05, 3.63) is 0 Å². The van der Waals surface area contributed by atoms with Gasteiger partial charge in [0, 0.05) is 19.6 Å². The van der Waals surface area contributed by atoms with E-state index in [1.54, 1.807) is 0 Å². The van der Waals surface area contributed by atoms with Crippen LogP contribution in [0, 0.1) is 11.3 Å². The van der Waals surface area contributed by atoms with Crippen molar-refractivity contribution >= 4 is 18.3 Å². The molecule has 0 aromatic heterocycles. The van der Waals surface area contributed by atoms with Crippen LogP contribution in [-0.4, -0.2) is 37.0 Å². The number of nitrogens with one attached hydrogen (secondary N) is 1. The molecule has 0 saturated carbocycles. The van der Waals surface area contributed by atoms with Gasteiger partial charge >= 0.3 is 0 Å². The van der Waals surface area contributed by atoms with Crippen LogP contribution in [0.4, 0.5) is 0 Å². The molecule has 4 heteroatoms. The largest absolute Gasteiger partial charge is 0.342 e. The third-order valence-electron chi connectivity index (χ3n) is 4.19. The number of nitrogens with zero attached hydrogens (tertiary/aromatic N) is 1. The monoisotopic (exact) mass is 260 g/mol. The molecule has 0 aromatic carbocycles. The van der Waals surface area contributed by atoms with Gasteiger partial charge in [-0.1, -0.05) is 6.92 Å². The summed E-state index contributed by atoms with van der Waals surface area (Å²) in [6, 6.07) is 0. The van der Waals surface area contributed by atoms with Crippen molar-refractivity contribution in [2.45, 2.75) is 39.5 Å². The molecule has 2 fully saturated rings. The molecular formula is C13H25ClN2O. The van der Waals surface area contributed by atoms with Crippen molar-refractivity contribution in [3.63, 3.8) is 0 Å². The summed E-state index contributed by atoms with van der Waals surface area (Å²) < 4.78 is 0. The van der Waals surface area contributed by atoms with E-state index in [0.717, 1.165) is 38.5 Å². The highest BCUT2D eigenvalue weighted by molar-refractivity contribution is 5.85. The topological polar surface area (TPSA) is 32.3 Å². The minimum absolute atomic E-state index is 0. The smallest absolute Gasteiger partial charge is 0.229 e. The molecule has 2 atom stereocenters. The molecule has 2 saturated heterocycles. The van der Waals surface area contributed by atoms with Crippen LogP contribution in [0.25, 0.3) is 0 Å². The Morgan fingerprint density at radius 2 is 2.12 bits per heavy atom. The van der Waals surface area contributed by atoms with E-state index in [9.17, 15) is 4.79 Å². The fourth-order valence-electron chi connectivity index (χ4n) is 2.85. The van der Waals surface area contributed by atoms with E-state index in [1.165, 1.54) is 19.3 Å². The van der Waals surface area contributed by atoms with Gasteiger partial charge in [0.2, 0.25) is 5.91 Å². The molecule has 2 rings (SSSR count). The van der Waals surface area contributed by atoms with E-state index in [1.807, 2.05) is 0 Å². The van der Waals surface area contributed by atoms with Gasteiger partial charge in [-0.3, -0.25) is 4.79 Å². The molecule has 2 heterocycles. The van der Waals surface area contributed by atoms with Crippen LogP contribution >= 0.6 is 12.4 Å². The predicted octanol–water partition coefficient (Wildman–Crippen LogP) is 2.06. The van der Waals surface area contributed by atoms with E-state index in [-0.39, 0.29) is 17.8 Å². The Morgan fingerprint density at radius 3 is 2.76 bits per heavy atom. The lowest BCUT2D eigenvalue weighted by Crippen LogP contribution is -2.44. The van der Waals surface area contributed by atoms with Gasteiger partial charge in [-0.15, -0.1) is 12.4 Å². The molecule has 0 spiro atoms. The Kier molecular flexibility index (Phi) is 5.26. The molecule has 1 amide bonds. The first-order valence-corrected chi connectivity index (χ1v) is 6.62. The molecule has 100 valence electrons. The maximum atomic E-state index is 12.5. The van der Waals surface area contributed by atoms with Crippen molar-refractivity contribution < 1.29 is 4.79 Å². The van der Waals surface area contributed by atoms with E-state index in [0.29, 0.717) is 5.91 Å². The van der Waals surface area contributed by atoms with E-state index in [4.69, 9.17) is 0 Å². The zero-order chi connectivity index (χ0) is 11.6. The summed E-state index contributed by atoms with van der Waals surface area (Å²) >= 11 is 0. The SMILES string of the molecule is CC1CCCN(C(=O)C2(C)CCNC2)CC1.Cl. The molecular weight excluding hydrogens is 236 g/mol. The minimum atomic E-state index is -0.131. The summed E-state index contributed by atoms with van der Waals surface area (Å²) in [7, 11) is 0. The molecule has 0 radical (unpaired) electrons. The molecule has 0 aromatic rings. The van der Waals surface area contributed by atoms with Crippen molar-refractivity contribution in [2.24, 2.45) is 11.3 Å².